The molecule has 2 fully saturated rings. The highest BCUT2D eigenvalue weighted by Crippen LogP contribution is 2.40. The molecule has 0 radical (unpaired) electrons. The van der Waals surface area contributed by atoms with Crippen molar-refractivity contribution in [3.05, 3.63) is 63.8 Å². The Morgan fingerprint density at radius 2 is 2.00 bits per heavy atom. The second-order valence-corrected chi connectivity index (χ2v) is 10.4. The van der Waals surface area contributed by atoms with Crippen molar-refractivity contribution in [3.8, 4) is 0 Å². The third kappa shape index (κ3) is 4.62. The van der Waals surface area contributed by atoms with E-state index in [1.807, 2.05) is 61.1 Å². The SMILES string of the molecule is BC(B)(B)NC(=O)c1ccc(N2CCN(Cc3cnc4cc(CC)c(=O)[nH]c4c3)[C@@H]3C[C@@H]32)cn1. The van der Waals surface area contributed by atoms with Crippen LogP contribution >= 0.6 is 0 Å². The van der Waals surface area contributed by atoms with Crippen molar-refractivity contribution >= 4 is 46.2 Å². The van der Waals surface area contributed by atoms with E-state index in [0.29, 0.717) is 24.2 Å². The number of hydrogen-bond acceptors (Lipinski definition) is 6. The molecule has 5 rings (SSSR count). The Bertz CT molecular complexity index is 1290. The first kappa shape index (κ1) is 22.7. The number of aryl methyl sites for hydroxylation is 1. The van der Waals surface area contributed by atoms with Crippen LogP contribution in [0.5, 0.6) is 0 Å². The van der Waals surface area contributed by atoms with Crippen LogP contribution in [0.3, 0.4) is 0 Å². The zero-order chi connectivity index (χ0) is 24.0. The predicted octanol–water partition coefficient (Wildman–Crippen LogP) is -1.42. The quantitative estimate of drug-likeness (QED) is 0.445. The van der Waals surface area contributed by atoms with E-state index in [1.54, 1.807) is 0 Å². The van der Waals surface area contributed by atoms with Gasteiger partial charge in [0.05, 0.1) is 22.9 Å². The van der Waals surface area contributed by atoms with E-state index in [2.05, 4.69) is 36.1 Å². The molecule has 11 heteroatoms. The number of piperazine rings is 1. The van der Waals surface area contributed by atoms with Gasteiger partial charge in [-0.05, 0) is 47.9 Å². The maximum absolute atomic E-state index is 12.4. The van der Waals surface area contributed by atoms with Gasteiger partial charge < -0.3 is 15.2 Å². The molecule has 1 saturated heterocycles. The standard InChI is InChI=1S/C23H29B3N6O2/c1-2-14-8-17-18(29-21(14)33)7-13(10-27-17)12-31-5-6-32(20-9-19(20)31)15-3-4-16(28-11-15)22(34)30-23(24,25)26/h3-4,7-8,10-11,19-20H,2,5-6,9,12,24-26H2,1H3,(H,29,33)(H,30,34)/t19-,20+/m1/s1. The number of hydrogen-bond donors (Lipinski definition) is 2. The van der Waals surface area contributed by atoms with Gasteiger partial charge in [-0.15, -0.1) is 0 Å². The van der Waals surface area contributed by atoms with Crippen molar-refractivity contribution < 1.29 is 4.79 Å². The van der Waals surface area contributed by atoms with Crippen LogP contribution in [0.15, 0.2) is 41.5 Å². The molecule has 0 spiro atoms. The summed E-state index contributed by atoms with van der Waals surface area (Å²) in [6.45, 7) is 4.65. The maximum atomic E-state index is 12.4. The van der Waals surface area contributed by atoms with Gasteiger partial charge >= 0.3 is 0 Å². The molecule has 3 aromatic rings. The number of pyridine rings is 3. The number of carbonyl (C=O) groups is 1. The fourth-order valence-electron chi connectivity index (χ4n) is 4.83. The van der Waals surface area contributed by atoms with Crippen molar-refractivity contribution in [3.63, 3.8) is 0 Å². The third-order valence-corrected chi connectivity index (χ3v) is 6.61. The first-order valence-corrected chi connectivity index (χ1v) is 12.0. The molecular weight excluding hydrogens is 425 g/mol. The summed E-state index contributed by atoms with van der Waals surface area (Å²) in [6, 6.07) is 8.72. The minimum Gasteiger partial charge on any atom is -0.368 e. The number of anilines is 1. The van der Waals surface area contributed by atoms with Crippen molar-refractivity contribution in [2.24, 2.45) is 0 Å². The normalized spacial score (nSPS) is 20.2. The van der Waals surface area contributed by atoms with E-state index >= 15 is 0 Å². The molecular formula is C23H29B3N6O2. The summed E-state index contributed by atoms with van der Waals surface area (Å²) in [6.07, 6.45) is 5.56. The van der Waals surface area contributed by atoms with Crippen LogP contribution in [0.4, 0.5) is 5.69 Å². The number of amides is 1. The van der Waals surface area contributed by atoms with Crippen LogP contribution in [0.25, 0.3) is 11.0 Å². The predicted molar refractivity (Wildman–Crippen MR) is 142 cm³/mol. The highest BCUT2D eigenvalue weighted by Gasteiger charge is 2.48. The Morgan fingerprint density at radius 1 is 1.18 bits per heavy atom. The number of aromatic amines is 1. The second-order valence-electron chi connectivity index (χ2n) is 10.4. The van der Waals surface area contributed by atoms with E-state index in [4.69, 9.17) is 0 Å². The van der Waals surface area contributed by atoms with Gasteiger partial charge in [-0.3, -0.25) is 19.5 Å². The smallest absolute Gasteiger partial charge is 0.268 e. The van der Waals surface area contributed by atoms with E-state index in [0.717, 1.165) is 53.9 Å². The van der Waals surface area contributed by atoms with Gasteiger partial charge in [0.25, 0.3) is 11.5 Å². The second kappa shape index (κ2) is 8.62. The Morgan fingerprint density at radius 3 is 2.71 bits per heavy atom. The van der Waals surface area contributed by atoms with Crippen LogP contribution in [0, 0.1) is 0 Å². The number of fused-ring (bicyclic) bond motifs is 2. The fourth-order valence-corrected chi connectivity index (χ4v) is 4.83. The van der Waals surface area contributed by atoms with E-state index < -0.39 is 0 Å². The topological polar surface area (TPSA) is 94.2 Å². The highest BCUT2D eigenvalue weighted by atomic mass is 16.2. The van der Waals surface area contributed by atoms with Crippen LogP contribution in [0.2, 0.25) is 0 Å². The fraction of sp³-hybridized carbons (Fsp3) is 0.391. The number of rotatable bonds is 6. The summed E-state index contributed by atoms with van der Waals surface area (Å²) >= 11 is 0. The van der Waals surface area contributed by atoms with Crippen LogP contribution in [-0.4, -0.2) is 79.7 Å². The molecule has 8 nitrogen and oxygen atoms in total. The molecule has 4 heterocycles. The van der Waals surface area contributed by atoms with Gasteiger partial charge in [-0.2, -0.15) is 0 Å². The van der Waals surface area contributed by atoms with Crippen molar-refractivity contribution in [2.45, 2.75) is 43.6 Å². The summed E-state index contributed by atoms with van der Waals surface area (Å²) in [5.41, 5.74) is 4.99. The lowest BCUT2D eigenvalue weighted by Gasteiger charge is -2.35. The van der Waals surface area contributed by atoms with Crippen molar-refractivity contribution in [1.82, 2.24) is 25.2 Å². The molecule has 1 aliphatic heterocycles. The zero-order valence-corrected chi connectivity index (χ0v) is 20.3. The summed E-state index contributed by atoms with van der Waals surface area (Å²) in [5.74, 6) is -0.149. The third-order valence-electron chi connectivity index (χ3n) is 6.61. The Kier molecular flexibility index (Phi) is 5.76. The number of aromatic nitrogens is 3. The zero-order valence-electron chi connectivity index (χ0n) is 20.3. The maximum Gasteiger partial charge on any atom is 0.268 e. The molecule has 0 bridgehead atoms. The summed E-state index contributed by atoms with van der Waals surface area (Å²) in [7, 11) is 5.88. The lowest BCUT2D eigenvalue weighted by molar-refractivity contribution is 0.0947. The van der Waals surface area contributed by atoms with E-state index in [1.165, 1.54) is 0 Å². The molecule has 1 amide bonds. The van der Waals surface area contributed by atoms with Crippen LogP contribution < -0.4 is 15.8 Å². The van der Waals surface area contributed by atoms with Crippen LogP contribution in [0.1, 0.15) is 35.0 Å². The van der Waals surface area contributed by atoms with Crippen molar-refractivity contribution in [1.29, 1.82) is 0 Å². The largest absolute Gasteiger partial charge is 0.368 e. The lowest BCUT2D eigenvalue weighted by Crippen LogP contribution is -2.50. The molecule has 2 aliphatic rings. The minimum atomic E-state index is -0.288. The number of nitrogens with one attached hydrogen (secondary N) is 2. The Hall–Kier alpha value is -3.07. The monoisotopic (exact) mass is 454 g/mol. The number of H-pyrrole nitrogens is 1. The Balaban J connectivity index is 1.24. The van der Waals surface area contributed by atoms with Crippen molar-refractivity contribution in [2.75, 3.05) is 18.0 Å². The first-order valence-electron chi connectivity index (χ1n) is 12.0. The molecule has 3 aromatic heterocycles. The molecule has 34 heavy (non-hydrogen) atoms. The minimum absolute atomic E-state index is 0.0275. The molecule has 172 valence electrons. The molecule has 1 saturated carbocycles. The molecule has 0 unspecified atom stereocenters. The van der Waals surface area contributed by atoms with E-state index in [-0.39, 0.29) is 16.7 Å². The summed E-state index contributed by atoms with van der Waals surface area (Å²) < 4.78 is 0. The first-order chi connectivity index (χ1) is 16.2. The van der Waals surface area contributed by atoms with Gasteiger partial charge in [-0.1, -0.05) is 6.92 Å². The Labute approximate surface area is 201 Å². The van der Waals surface area contributed by atoms with Gasteiger partial charge in [0.2, 0.25) is 0 Å². The number of carbonyl (C=O) groups excluding carboxylic acids is 1. The highest BCUT2D eigenvalue weighted by molar-refractivity contribution is 6.60. The van der Waals surface area contributed by atoms with Gasteiger partial charge in [0.15, 0.2) is 0 Å². The van der Waals surface area contributed by atoms with Gasteiger partial charge in [-0.25, -0.2) is 4.98 Å². The molecule has 2 N–H and O–H groups in total. The van der Waals surface area contributed by atoms with E-state index in [9.17, 15) is 9.59 Å². The average Bonchev–Trinajstić information content (AvgIpc) is 3.59. The summed E-state index contributed by atoms with van der Waals surface area (Å²) in [4.78, 5) is 41.4. The van der Waals surface area contributed by atoms with Crippen LogP contribution in [-0.2, 0) is 13.0 Å². The summed E-state index contributed by atoms with van der Waals surface area (Å²) in [5, 5.41) is 2.67. The van der Waals surface area contributed by atoms with Gasteiger partial charge in [0.1, 0.15) is 29.2 Å². The molecule has 0 aromatic carbocycles. The number of nitrogens with zero attached hydrogens (tertiary/aromatic N) is 4. The lowest BCUT2D eigenvalue weighted by atomic mass is 9.49. The average molecular weight is 454 g/mol. The molecule has 1 aliphatic carbocycles. The molecule has 2 atom stereocenters. The van der Waals surface area contributed by atoms with Gasteiger partial charge in [0, 0.05) is 43.5 Å².